The molecular weight excluding hydrogens is 737 g/mol. The van der Waals surface area contributed by atoms with Crippen LogP contribution in [0.3, 0.4) is 0 Å². The minimum absolute atomic E-state index is 0.0608. The molecule has 0 radical (unpaired) electrons. The molecule has 6 rings (SSSR count). The second-order valence-electron chi connectivity index (χ2n) is 14.9. The molecule has 308 valence electrons. The van der Waals surface area contributed by atoms with Crippen LogP contribution < -0.4 is 0 Å². The summed E-state index contributed by atoms with van der Waals surface area (Å²) < 4.78 is 0. The summed E-state index contributed by atoms with van der Waals surface area (Å²) in [4.78, 5) is 24.4. The first-order chi connectivity index (χ1) is 28.9. The molecule has 11 heteroatoms. The molecule has 2 aromatic heterocycles. The Kier molecular flexibility index (Phi) is 18.5. The Morgan fingerprint density at radius 3 is 1.81 bits per heavy atom. The summed E-state index contributed by atoms with van der Waals surface area (Å²) in [6, 6.07) is 17.0. The smallest absolute Gasteiger partial charge is 0.182 e. The first-order valence-corrected chi connectivity index (χ1v) is 21.0. The Bertz CT molecular complexity index is 2110. The van der Waals surface area contributed by atoms with Gasteiger partial charge in [0.05, 0.1) is 6.10 Å². The number of nitrogens with zero attached hydrogens (tertiary/aromatic N) is 6. The van der Waals surface area contributed by atoms with Crippen LogP contribution in [0.25, 0.3) is 0 Å². The lowest BCUT2D eigenvalue weighted by atomic mass is 9.95. The van der Waals surface area contributed by atoms with Crippen LogP contribution in [-0.4, -0.2) is 64.0 Å². The summed E-state index contributed by atoms with van der Waals surface area (Å²) in [7, 11) is 0. The van der Waals surface area contributed by atoms with Gasteiger partial charge in [-0.05, 0) is 105 Å². The zero-order chi connectivity index (χ0) is 41.5. The van der Waals surface area contributed by atoms with Crippen molar-refractivity contribution in [3.8, 4) is 0 Å². The first kappa shape index (κ1) is 44.2. The minimum atomic E-state index is -0.487. The molecule has 11 nitrogen and oxygen atoms in total. The van der Waals surface area contributed by atoms with Crippen LogP contribution in [-0.2, 0) is 48.1 Å². The van der Waals surface area contributed by atoms with Crippen molar-refractivity contribution in [1.29, 1.82) is 0 Å². The third kappa shape index (κ3) is 15.4. The molecule has 0 bridgehead atoms. The van der Waals surface area contributed by atoms with Crippen LogP contribution in [0.15, 0.2) is 133 Å². The Balaban J connectivity index is 0.000000224. The molecule has 3 N–H and O–H groups in total. The van der Waals surface area contributed by atoms with Gasteiger partial charge < -0.3 is 5.11 Å². The fourth-order valence-corrected chi connectivity index (χ4v) is 7.04. The van der Waals surface area contributed by atoms with Crippen molar-refractivity contribution >= 4 is 11.6 Å². The third-order valence-corrected chi connectivity index (χ3v) is 10.4. The van der Waals surface area contributed by atoms with Crippen LogP contribution in [0, 0.1) is 11.8 Å². The van der Waals surface area contributed by atoms with Crippen molar-refractivity contribution < 1.29 is 14.7 Å². The molecule has 4 aromatic rings. The molecule has 0 spiro atoms. The van der Waals surface area contributed by atoms with Crippen molar-refractivity contribution in [3.63, 3.8) is 0 Å². The molecule has 0 saturated heterocycles. The number of aliphatic hydroxyl groups is 1. The topological polar surface area (TPSA) is 163 Å². The van der Waals surface area contributed by atoms with E-state index in [0.717, 1.165) is 99.0 Å². The second kappa shape index (κ2) is 24.7. The highest BCUT2D eigenvalue weighted by Crippen LogP contribution is 2.27. The molecule has 2 heterocycles. The number of unbranched alkanes of at least 4 members (excludes halogenated alkanes) is 2. The number of tetrazole rings is 2. The highest BCUT2D eigenvalue weighted by atomic mass is 16.3. The second-order valence-corrected chi connectivity index (χ2v) is 14.9. The Hall–Kier alpha value is -5.94. The summed E-state index contributed by atoms with van der Waals surface area (Å²) in [5.74, 6) is 1.94. The average molecular weight is 795 g/mol. The number of carbonyl (C=O) groups excluding carboxylic acids is 2. The van der Waals surface area contributed by atoms with E-state index in [2.05, 4.69) is 122 Å². The van der Waals surface area contributed by atoms with Crippen LogP contribution in [0.5, 0.6) is 0 Å². The van der Waals surface area contributed by atoms with E-state index in [1.54, 1.807) is 12.2 Å². The highest BCUT2D eigenvalue weighted by molar-refractivity contribution is 6.07. The van der Waals surface area contributed by atoms with E-state index in [1.807, 2.05) is 42.5 Å². The van der Waals surface area contributed by atoms with E-state index < -0.39 is 6.10 Å². The minimum Gasteiger partial charge on any atom is -0.392 e. The van der Waals surface area contributed by atoms with E-state index in [0.29, 0.717) is 12.8 Å². The third-order valence-electron chi connectivity index (χ3n) is 10.4. The van der Waals surface area contributed by atoms with Crippen molar-refractivity contribution in [2.45, 2.75) is 103 Å². The number of ketones is 2. The lowest BCUT2D eigenvalue weighted by molar-refractivity contribution is -0.112. The Morgan fingerprint density at radius 2 is 1.24 bits per heavy atom. The van der Waals surface area contributed by atoms with Gasteiger partial charge in [-0.2, -0.15) is 10.4 Å². The molecule has 0 aliphatic heterocycles. The Labute approximate surface area is 348 Å². The lowest BCUT2D eigenvalue weighted by Crippen LogP contribution is -2.11. The summed E-state index contributed by atoms with van der Waals surface area (Å²) in [5.41, 5.74) is 6.74. The number of aryl methyl sites for hydroxylation is 4. The number of H-pyrrole nitrogens is 2. The molecular formula is C48H58N8O3. The summed E-state index contributed by atoms with van der Waals surface area (Å²) in [6.07, 6.45) is 34.6. The van der Waals surface area contributed by atoms with Crippen LogP contribution in [0.4, 0.5) is 0 Å². The molecule has 3 unspecified atom stereocenters. The number of hydrogen-bond acceptors (Lipinski definition) is 9. The van der Waals surface area contributed by atoms with Gasteiger partial charge in [0.2, 0.25) is 0 Å². The van der Waals surface area contributed by atoms with E-state index in [9.17, 15) is 14.7 Å². The van der Waals surface area contributed by atoms with Gasteiger partial charge in [-0.1, -0.05) is 134 Å². The molecule has 0 fully saturated rings. The van der Waals surface area contributed by atoms with Crippen LogP contribution in [0.2, 0.25) is 0 Å². The van der Waals surface area contributed by atoms with E-state index >= 15 is 0 Å². The largest absolute Gasteiger partial charge is 0.392 e. The molecule has 2 aliphatic rings. The number of allylic oxidation sites excluding steroid dienone is 13. The van der Waals surface area contributed by atoms with Gasteiger partial charge in [-0.3, -0.25) is 9.59 Å². The molecule has 59 heavy (non-hydrogen) atoms. The summed E-state index contributed by atoms with van der Waals surface area (Å²) in [6.45, 7) is 4.29. The SMILES string of the molecule is CCc1cccc(C/C=C/C=C2/C(=O)C=CC2C/C=C\CCCc2nn[nH]n2)c1.CCc1cccc(CC(O)C/C=C2/C(=O)C=CC2C/C=C\CCCc2nn[nH]n2)c1. The zero-order valence-electron chi connectivity index (χ0n) is 34.4. The predicted molar refractivity (Wildman–Crippen MR) is 232 cm³/mol. The molecule has 2 aliphatic carbocycles. The van der Waals surface area contributed by atoms with Crippen LogP contribution in [0.1, 0.15) is 92.7 Å². The number of hydrogen-bond donors (Lipinski definition) is 3. The van der Waals surface area contributed by atoms with E-state index in [-0.39, 0.29) is 23.4 Å². The van der Waals surface area contributed by atoms with Gasteiger partial charge in [0.25, 0.3) is 0 Å². The van der Waals surface area contributed by atoms with Gasteiger partial charge in [0.15, 0.2) is 23.2 Å². The summed E-state index contributed by atoms with van der Waals surface area (Å²) >= 11 is 0. The standard InChI is InChI=1S/C24H30N4O2.C24H28N4O/c1-2-18-8-7-9-19(16-18)17-21(29)13-14-22-20(12-15-23(22)30)10-5-3-4-6-11-24-25-27-28-26-24;1-2-19-11-9-12-20(18-19)10-7-8-14-22-21(16-17-23(22)29)13-5-3-4-6-15-24-25-27-28-26-24/h3,5,7-9,12,14-16,20-21,29H,2,4,6,10-11,13,17H2,1H3,(H,25,26,27,28);3,5,7-9,11-12,14,16-18,21H,2,4,6,10,13,15H2,1H3,(H,25,26,27,28)/b5-3-,22-14+;5-3-,8-7+,22-14+. The van der Waals surface area contributed by atoms with Gasteiger partial charge >= 0.3 is 0 Å². The number of rotatable bonds is 21. The molecule has 2 aromatic carbocycles. The van der Waals surface area contributed by atoms with E-state index in [4.69, 9.17) is 0 Å². The van der Waals surface area contributed by atoms with Gasteiger partial charge in [0.1, 0.15) is 0 Å². The molecule has 0 saturated carbocycles. The van der Waals surface area contributed by atoms with Crippen molar-refractivity contribution in [1.82, 2.24) is 41.2 Å². The quantitative estimate of drug-likeness (QED) is 0.0429. The summed E-state index contributed by atoms with van der Waals surface area (Å²) in [5, 5.41) is 38.2. The lowest BCUT2D eigenvalue weighted by Gasteiger charge is -2.12. The first-order valence-electron chi connectivity index (χ1n) is 21.0. The van der Waals surface area contributed by atoms with Crippen molar-refractivity contribution in [3.05, 3.63) is 166 Å². The number of aliphatic hydroxyl groups excluding tert-OH is 1. The maximum Gasteiger partial charge on any atom is 0.182 e. The number of nitrogens with one attached hydrogen (secondary N) is 2. The maximum atomic E-state index is 12.2. The maximum absolute atomic E-state index is 12.2. The zero-order valence-corrected chi connectivity index (χ0v) is 34.4. The number of carbonyl (C=O) groups is 2. The fraction of sp³-hybridized carbons (Fsp3) is 0.375. The highest BCUT2D eigenvalue weighted by Gasteiger charge is 2.22. The van der Waals surface area contributed by atoms with Crippen molar-refractivity contribution in [2.75, 3.05) is 0 Å². The predicted octanol–water partition coefficient (Wildman–Crippen LogP) is 8.22. The number of aromatic nitrogens is 8. The Morgan fingerprint density at radius 1 is 0.695 bits per heavy atom. The van der Waals surface area contributed by atoms with Gasteiger partial charge in [0, 0.05) is 35.8 Å². The van der Waals surface area contributed by atoms with Crippen molar-refractivity contribution in [2.24, 2.45) is 11.8 Å². The monoisotopic (exact) mass is 794 g/mol. The van der Waals surface area contributed by atoms with Crippen LogP contribution >= 0.6 is 0 Å². The average Bonchev–Trinajstić information content (AvgIpc) is 4.09. The normalized spacial score (nSPS) is 18.4. The van der Waals surface area contributed by atoms with Gasteiger partial charge in [-0.15, -0.1) is 20.4 Å². The molecule has 3 atom stereocenters. The van der Waals surface area contributed by atoms with Gasteiger partial charge in [-0.25, -0.2) is 0 Å². The number of aromatic amines is 2. The van der Waals surface area contributed by atoms with E-state index in [1.165, 1.54) is 16.7 Å². The number of benzene rings is 2. The molecule has 0 amide bonds. The fourth-order valence-electron chi connectivity index (χ4n) is 7.04.